The highest BCUT2D eigenvalue weighted by Gasteiger charge is 2.47. The van der Waals surface area contributed by atoms with Crippen molar-refractivity contribution in [3.8, 4) is 11.5 Å². The fourth-order valence-corrected chi connectivity index (χ4v) is 4.78. The van der Waals surface area contributed by atoms with Gasteiger partial charge in [0.05, 0.1) is 12.1 Å². The number of fused-ring (bicyclic) bond motifs is 4. The number of nitrogens with zero attached hydrogens (tertiary/aromatic N) is 4. The van der Waals surface area contributed by atoms with Crippen LogP contribution >= 0.6 is 0 Å². The van der Waals surface area contributed by atoms with Gasteiger partial charge in [-0.05, 0) is 49.7 Å². The van der Waals surface area contributed by atoms with Gasteiger partial charge >= 0.3 is 5.97 Å². The molecule has 3 saturated carbocycles. The lowest BCUT2D eigenvalue weighted by atomic mass is 9.61. The molecule has 144 valence electrons. The van der Waals surface area contributed by atoms with Crippen molar-refractivity contribution in [3.63, 3.8) is 0 Å². The van der Waals surface area contributed by atoms with E-state index in [-0.39, 0.29) is 29.5 Å². The quantitative estimate of drug-likeness (QED) is 0.635. The Hall–Kier alpha value is -3.10. The number of rotatable bonds is 4. The summed E-state index contributed by atoms with van der Waals surface area (Å²) < 4.78 is 14.5. The molecule has 28 heavy (non-hydrogen) atoms. The molecule has 0 saturated heterocycles. The fourth-order valence-electron chi connectivity index (χ4n) is 4.78. The second-order valence-corrected chi connectivity index (χ2v) is 7.57. The van der Waals surface area contributed by atoms with Crippen LogP contribution in [-0.2, 0) is 4.79 Å². The number of aromatic amines is 1. The van der Waals surface area contributed by atoms with Crippen molar-refractivity contribution in [1.82, 2.24) is 25.1 Å². The molecule has 2 unspecified atom stereocenters. The van der Waals surface area contributed by atoms with Crippen LogP contribution in [0.25, 0.3) is 22.6 Å². The molecule has 0 spiro atoms. The number of carboxylic acid groups (broad SMARTS) is 1. The molecule has 9 heteroatoms. The van der Waals surface area contributed by atoms with Crippen molar-refractivity contribution in [2.24, 2.45) is 17.8 Å². The summed E-state index contributed by atoms with van der Waals surface area (Å²) in [4.78, 5) is 24.4. The van der Waals surface area contributed by atoms with E-state index >= 15 is 0 Å². The van der Waals surface area contributed by atoms with E-state index in [1.165, 1.54) is 0 Å². The molecular weight excluding hydrogens is 363 g/mol. The van der Waals surface area contributed by atoms with E-state index in [9.17, 15) is 14.3 Å². The lowest BCUT2D eigenvalue weighted by molar-refractivity contribution is -0.148. The summed E-state index contributed by atoms with van der Waals surface area (Å²) in [6.45, 7) is 0. The van der Waals surface area contributed by atoms with E-state index in [1.54, 1.807) is 12.3 Å². The van der Waals surface area contributed by atoms with Crippen LogP contribution in [0.2, 0.25) is 0 Å². The minimum atomic E-state index is -0.827. The number of hydrogen-bond acceptors (Lipinski definition) is 6. The zero-order valence-corrected chi connectivity index (χ0v) is 15.0. The van der Waals surface area contributed by atoms with E-state index in [4.69, 9.17) is 0 Å². The molecule has 3 aliphatic carbocycles. The number of hydrogen-bond donors (Lipinski definition) is 3. The van der Waals surface area contributed by atoms with Gasteiger partial charge in [-0.15, -0.1) is 0 Å². The Labute approximate surface area is 159 Å². The van der Waals surface area contributed by atoms with Crippen molar-refractivity contribution in [2.75, 3.05) is 5.32 Å². The number of aromatic nitrogens is 5. The maximum Gasteiger partial charge on any atom is 0.308 e. The minimum absolute atomic E-state index is 0.0282. The van der Waals surface area contributed by atoms with Crippen LogP contribution in [-0.4, -0.2) is 42.3 Å². The number of pyridine rings is 1. The maximum atomic E-state index is 14.5. The van der Waals surface area contributed by atoms with Crippen LogP contribution in [0, 0.1) is 23.6 Å². The molecule has 6 rings (SSSR count). The largest absolute Gasteiger partial charge is 0.481 e. The normalized spacial score (nSPS) is 26.5. The first kappa shape index (κ1) is 17.0. The molecule has 8 nitrogen and oxygen atoms in total. The summed E-state index contributed by atoms with van der Waals surface area (Å²) in [6, 6.07) is 3.28. The molecule has 0 radical (unpaired) electrons. The maximum absolute atomic E-state index is 14.5. The van der Waals surface area contributed by atoms with Crippen LogP contribution in [0.15, 0.2) is 24.5 Å². The van der Waals surface area contributed by atoms with Crippen molar-refractivity contribution < 1.29 is 14.3 Å². The predicted molar refractivity (Wildman–Crippen MR) is 98.9 cm³/mol. The van der Waals surface area contributed by atoms with Crippen LogP contribution in [0.1, 0.15) is 25.7 Å². The predicted octanol–water partition coefficient (Wildman–Crippen LogP) is 2.86. The Morgan fingerprint density at radius 1 is 1.21 bits per heavy atom. The first-order chi connectivity index (χ1) is 13.6. The lowest BCUT2D eigenvalue weighted by Gasteiger charge is -2.47. The van der Waals surface area contributed by atoms with Gasteiger partial charge < -0.3 is 10.4 Å². The van der Waals surface area contributed by atoms with Crippen LogP contribution in [0.3, 0.4) is 0 Å². The number of halogens is 1. The molecule has 0 aromatic carbocycles. The fraction of sp³-hybridized carbons (Fsp3) is 0.421. The summed E-state index contributed by atoms with van der Waals surface area (Å²) in [6.07, 6.45) is 6.50. The molecule has 2 bridgehead atoms. The Morgan fingerprint density at radius 2 is 2.00 bits per heavy atom. The minimum Gasteiger partial charge on any atom is -0.481 e. The number of carbonyl (C=O) groups is 1. The zero-order valence-electron chi connectivity index (χ0n) is 15.0. The molecule has 0 amide bonds. The highest BCUT2D eigenvalue weighted by Crippen LogP contribution is 2.46. The van der Waals surface area contributed by atoms with Crippen LogP contribution in [0.5, 0.6) is 0 Å². The van der Waals surface area contributed by atoms with Crippen molar-refractivity contribution >= 4 is 22.8 Å². The summed E-state index contributed by atoms with van der Waals surface area (Å²) in [5.41, 5.74) is 1.07. The second-order valence-electron chi connectivity index (χ2n) is 7.57. The number of H-pyrrole nitrogens is 1. The highest BCUT2D eigenvalue weighted by molar-refractivity contribution is 5.88. The molecule has 3 heterocycles. The van der Waals surface area contributed by atoms with Gasteiger partial charge in [0.15, 0.2) is 23.1 Å². The van der Waals surface area contributed by atoms with Crippen LogP contribution < -0.4 is 5.32 Å². The SMILES string of the molecule is O=C(O)C1C2CCC(CC2)C1Nc1nc(-c2[nH]nc3ncccc23)ncc1F. The van der Waals surface area contributed by atoms with E-state index in [2.05, 4.69) is 30.5 Å². The monoisotopic (exact) mass is 382 g/mol. The summed E-state index contributed by atoms with van der Waals surface area (Å²) >= 11 is 0. The molecular formula is C19H19FN6O2. The number of nitrogens with one attached hydrogen (secondary N) is 2. The topological polar surface area (TPSA) is 117 Å². The molecule has 3 aromatic rings. The Bertz CT molecular complexity index is 1050. The second kappa shape index (κ2) is 6.50. The molecule has 2 atom stereocenters. The van der Waals surface area contributed by atoms with E-state index in [0.717, 1.165) is 37.3 Å². The third kappa shape index (κ3) is 2.69. The number of anilines is 1. The average Bonchev–Trinajstić information content (AvgIpc) is 3.14. The molecule has 3 N–H and O–H groups in total. The molecule has 3 fully saturated rings. The van der Waals surface area contributed by atoms with Gasteiger partial charge in [0, 0.05) is 17.6 Å². The number of aliphatic carboxylic acids is 1. The number of carboxylic acids is 1. The smallest absolute Gasteiger partial charge is 0.308 e. The molecule has 3 aliphatic rings. The van der Waals surface area contributed by atoms with Gasteiger partial charge in [0.1, 0.15) is 5.69 Å². The lowest BCUT2D eigenvalue weighted by Crippen LogP contribution is -2.51. The third-order valence-corrected chi connectivity index (χ3v) is 6.11. The first-order valence-electron chi connectivity index (χ1n) is 9.43. The molecule has 0 aliphatic heterocycles. The van der Waals surface area contributed by atoms with Gasteiger partial charge in [-0.1, -0.05) is 0 Å². The highest BCUT2D eigenvalue weighted by atomic mass is 19.1. The molecule has 3 aromatic heterocycles. The third-order valence-electron chi connectivity index (χ3n) is 6.11. The van der Waals surface area contributed by atoms with Gasteiger partial charge in [-0.2, -0.15) is 5.10 Å². The van der Waals surface area contributed by atoms with Crippen molar-refractivity contribution in [1.29, 1.82) is 0 Å². The average molecular weight is 382 g/mol. The van der Waals surface area contributed by atoms with Crippen LogP contribution in [0.4, 0.5) is 10.2 Å². The summed E-state index contributed by atoms with van der Waals surface area (Å²) in [5.74, 6) is -1.30. The Morgan fingerprint density at radius 3 is 2.79 bits per heavy atom. The standard InChI is InChI=1S/C19H19FN6O2/c20-12-8-22-18(15-11-2-1-7-21-16(11)26-25-15)24-17(12)23-14-10-5-3-9(4-6-10)13(14)19(27)28/h1-2,7-10,13-14H,3-6H2,(H,27,28)(H,21,25,26)(H,22,23,24). The van der Waals surface area contributed by atoms with Crippen molar-refractivity contribution in [3.05, 3.63) is 30.3 Å². The summed E-state index contributed by atoms with van der Waals surface area (Å²) in [7, 11) is 0. The Balaban J connectivity index is 1.50. The Kier molecular flexibility index (Phi) is 3.96. The van der Waals surface area contributed by atoms with Gasteiger partial charge in [-0.25, -0.2) is 19.3 Å². The van der Waals surface area contributed by atoms with E-state index < -0.39 is 17.7 Å². The van der Waals surface area contributed by atoms with E-state index in [0.29, 0.717) is 11.3 Å². The zero-order chi connectivity index (χ0) is 19.3. The van der Waals surface area contributed by atoms with Gasteiger partial charge in [-0.3, -0.25) is 9.89 Å². The first-order valence-corrected chi connectivity index (χ1v) is 9.43. The van der Waals surface area contributed by atoms with Gasteiger partial charge in [0.25, 0.3) is 0 Å². The van der Waals surface area contributed by atoms with E-state index in [1.807, 2.05) is 6.07 Å². The van der Waals surface area contributed by atoms with Crippen molar-refractivity contribution in [2.45, 2.75) is 31.7 Å². The summed E-state index contributed by atoms with van der Waals surface area (Å²) in [5, 5.41) is 20.5. The van der Waals surface area contributed by atoms with Gasteiger partial charge in [0.2, 0.25) is 0 Å².